The summed E-state index contributed by atoms with van der Waals surface area (Å²) in [6.07, 6.45) is 13.1. The molecule has 0 aliphatic heterocycles. The first-order valence-corrected chi connectivity index (χ1v) is 5.57. The van der Waals surface area contributed by atoms with Crippen LogP contribution < -0.4 is 0 Å². The summed E-state index contributed by atoms with van der Waals surface area (Å²) in [6.45, 7) is 13.8. The van der Waals surface area contributed by atoms with E-state index in [1.54, 1.807) is 0 Å². The fraction of sp³-hybridized carbons (Fsp3) is 0.571. The molecule has 0 saturated heterocycles. The molecule has 0 saturated carbocycles. The summed E-state index contributed by atoms with van der Waals surface area (Å²) in [5, 5.41) is 0. The van der Waals surface area contributed by atoms with E-state index in [4.69, 9.17) is 0 Å². The van der Waals surface area contributed by atoms with Crippen LogP contribution in [0.5, 0.6) is 0 Å². The van der Waals surface area contributed by atoms with Crippen molar-refractivity contribution in [3.8, 4) is 0 Å². The molecule has 0 bridgehead atoms. The molecule has 0 radical (unpaired) electrons. The van der Waals surface area contributed by atoms with Gasteiger partial charge in [-0.2, -0.15) is 0 Å². The molecule has 0 rings (SSSR count). The minimum atomic E-state index is 0.348. The molecule has 0 atom stereocenters. The van der Waals surface area contributed by atoms with E-state index in [2.05, 4.69) is 26.7 Å². The molecular formula is C14H24. The van der Waals surface area contributed by atoms with Gasteiger partial charge in [-0.25, -0.2) is 0 Å². The summed E-state index contributed by atoms with van der Waals surface area (Å²) in [4.78, 5) is 0. The Morgan fingerprint density at radius 2 is 1.36 bits per heavy atom. The lowest BCUT2D eigenvalue weighted by molar-refractivity contribution is 0.263. The third kappa shape index (κ3) is 4.45. The maximum Gasteiger partial charge on any atom is -0.0194 e. The second-order valence-corrected chi connectivity index (χ2v) is 4.08. The molecule has 0 aromatic rings. The largest absolute Gasteiger partial charge is 0.103 e. The predicted molar refractivity (Wildman–Crippen MR) is 66.4 cm³/mol. The first kappa shape index (κ1) is 13.2. The van der Waals surface area contributed by atoms with Crippen molar-refractivity contribution in [2.24, 2.45) is 5.41 Å². The molecular weight excluding hydrogens is 168 g/mol. The van der Waals surface area contributed by atoms with Gasteiger partial charge < -0.3 is 0 Å². The summed E-state index contributed by atoms with van der Waals surface area (Å²) in [5.41, 5.74) is 0.348. The monoisotopic (exact) mass is 192 g/mol. The third-order valence-electron chi connectivity index (χ3n) is 2.79. The van der Waals surface area contributed by atoms with E-state index in [-0.39, 0.29) is 0 Å². The number of unbranched alkanes of at least 4 members (excludes halogenated alkanes) is 1. The van der Waals surface area contributed by atoms with Gasteiger partial charge in [-0.1, -0.05) is 38.0 Å². The number of allylic oxidation sites excluding steroid dienone is 3. The molecule has 0 amide bonds. The zero-order valence-electron chi connectivity index (χ0n) is 9.60. The molecule has 0 heteroatoms. The Morgan fingerprint density at radius 3 is 1.64 bits per heavy atom. The standard InChI is InChI=1S/C14H24/c1-5-9-13-14(10-6-2,11-7-3)12-8-4/h6-8H,2-5,9-13H2,1H3. The van der Waals surface area contributed by atoms with Gasteiger partial charge in [-0.3, -0.25) is 0 Å². The highest BCUT2D eigenvalue weighted by Crippen LogP contribution is 2.37. The van der Waals surface area contributed by atoms with Crippen LogP contribution in [-0.2, 0) is 0 Å². The van der Waals surface area contributed by atoms with Crippen LogP contribution in [0.3, 0.4) is 0 Å². The van der Waals surface area contributed by atoms with Crippen LogP contribution in [0.4, 0.5) is 0 Å². The van der Waals surface area contributed by atoms with Crippen LogP contribution in [0.15, 0.2) is 38.0 Å². The van der Waals surface area contributed by atoms with Crippen molar-refractivity contribution in [1.82, 2.24) is 0 Å². The Bertz CT molecular complexity index is 150. The van der Waals surface area contributed by atoms with Gasteiger partial charge in [-0.15, -0.1) is 19.7 Å². The SMILES string of the molecule is C=CCC(CC=C)(CC=C)CCCC. The summed E-state index contributed by atoms with van der Waals surface area (Å²) < 4.78 is 0. The lowest BCUT2D eigenvalue weighted by atomic mass is 9.74. The molecule has 0 aromatic carbocycles. The highest BCUT2D eigenvalue weighted by Gasteiger charge is 2.24. The number of hydrogen-bond donors (Lipinski definition) is 0. The molecule has 0 aromatic heterocycles. The van der Waals surface area contributed by atoms with Crippen LogP contribution in [0.1, 0.15) is 45.4 Å². The van der Waals surface area contributed by atoms with Gasteiger partial charge in [-0.05, 0) is 31.1 Å². The van der Waals surface area contributed by atoms with Crippen LogP contribution in [0.25, 0.3) is 0 Å². The highest BCUT2D eigenvalue weighted by atomic mass is 14.3. The molecule has 0 aliphatic rings. The smallest absolute Gasteiger partial charge is 0.0194 e. The minimum Gasteiger partial charge on any atom is -0.103 e. The fourth-order valence-corrected chi connectivity index (χ4v) is 2.03. The van der Waals surface area contributed by atoms with Crippen molar-refractivity contribution >= 4 is 0 Å². The zero-order valence-corrected chi connectivity index (χ0v) is 9.60. The summed E-state index contributed by atoms with van der Waals surface area (Å²) >= 11 is 0. The summed E-state index contributed by atoms with van der Waals surface area (Å²) in [5.74, 6) is 0. The van der Waals surface area contributed by atoms with Crippen molar-refractivity contribution < 1.29 is 0 Å². The normalized spacial score (nSPS) is 10.9. The maximum absolute atomic E-state index is 3.85. The Morgan fingerprint density at radius 1 is 0.929 bits per heavy atom. The van der Waals surface area contributed by atoms with Crippen LogP contribution in [0, 0.1) is 5.41 Å². The highest BCUT2D eigenvalue weighted by molar-refractivity contribution is 4.95. The first-order valence-electron chi connectivity index (χ1n) is 5.57. The van der Waals surface area contributed by atoms with E-state index in [1.165, 1.54) is 19.3 Å². The van der Waals surface area contributed by atoms with Crippen molar-refractivity contribution in [2.45, 2.75) is 45.4 Å². The van der Waals surface area contributed by atoms with E-state index in [1.807, 2.05) is 18.2 Å². The molecule has 14 heavy (non-hydrogen) atoms. The molecule has 0 aliphatic carbocycles. The second-order valence-electron chi connectivity index (χ2n) is 4.08. The Hall–Kier alpha value is -0.780. The van der Waals surface area contributed by atoms with Crippen molar-refractivity contribution in [1.29, 1.82) is 0 Å². The van der Waals surface area contributed by atoms with E-state index in [0.717, 1.165) is 19.3 Å². The predicted octanol–water partition coefficient (Wildman–Crippen LogP) is 4.89. The summed E-state index contributed by atoms with van der Waals surface area (Å²) in [6, 6.07) is 0. The number of rotatable bonds is 9. The quantitative estimate of drug-likeness (QED) is 0.456. The van der Waals surface area contributed by atoms with Gasteiger partial charge in [0.25, 0.3) is 0 Å². The van der Waals surface area contributed by atoms with Gasteiger partial charge in [0, 0.05) is 0 Å². The third-order valence-corrected chi connectivity index (χ3v) is 2.79. The first-order chi connectivity index (χ1) is 6.74. The van der Waals surface area contributed by atoms with Gasteiger partial charge in [0.2, 0.25) is 0 Å². The minimum absolute atomic E-state index is 0.348. The van der Waals surface area contributed by atoms with E-state index in [0.29, 0.717) is 5.41 Å². The second kappa shape index (κ2) is 7.61. The van der Waals surface area contributed by atoms with Crippen LogP contribution in [0.2, 0.25) is 0 Å². The summed E-state index contributed by atoms with van der Waals surface area (Å²) in [7, 11) is 0. The van der Waals surface area contributed by atoms with Crippen LogP contribution in [-0.4, -0.2) is 0 Å². The molecule has 0 heterocycles. The lowest BCUT2D eigenvalue weighted by Crippen LogP contribution is -2.18. The van der Waals surface area contributed by atoms with Crippen LogP contribution >= 0.6 is 0 Å². The molecule has 0 fully saturated rings. The average Bonchev–Trinajstić information content (AvgIpc) is 2.16. The zero-order chi connectivity index (χ0) is 10.9. The van der Waals surface area contributed by atoms with Gasteiger partial charge in [0.05, 0.1) is 0 Å². The van der Waals surface area contributed by atoms with E-state index in [9.17, 15) is 0 Å². The Labute approximate surface area is 89.4 Å². The lowest BCUT2D eigenvalue weighted by Gasteiger charge is -2.31. The molecule has 0 nitrogen and oxygen atoms in total. The molecule has 0 unspecified atom stereocenters. The molecule has 0 spiro atoms. The van der Waals surface area contributed by atoms with Crippen molar-refractivity contribution in [3.63, 3.8) is 0 Å². The van der Waals surface area contributed by atoms with Crippen molar-refractivity contribution in [2.75, 3.05) is 0 Å². The van der Waals surface area contributed by atoms with E-state index < -0.39 is 0 Å². The fourth-order valence-electron chi connectivity index (χ4n) is 2.03. The van der Waals surface area contributed by atoms with Gasteiger partial charge in [0.15, 0.2) is 0 Å². The van der Waals surface area contributed by atoms with Gasteiger partial charge >= 0.3 is 0 Å². The molecule has 80 valence electrons. The maximum atomic E-state index is 3.85. The van der Waals surface area contributed by atoms with E-state index >= 15 is 0 Å². The average molecular weight is 192 g/mol. The number of hydrogen-bond acceptors (Lipinski definition) is 0. The topological polar surface area (TPSA) is 0 Å². The van der Waals surface area contributed by atoms with Crippen molar-refractivity contribution in [3.05, 3.63) is 38.0 Å². The Balaban J connectivity index is 4.43. The van der Waals surface area contributed by atoms with Gasteiger partial charge in [0.1, 0.15) is 0 Å². The molecule has 0 N–H and O–H groups in total. The Kier molecular flexibility index (Phi) is 7.18.